The summed E-state index contributed by atoms with van der Waals surface area (Å²) in [5.74, 6) is 2.45. The van der Waals surface area contributed by atoms with Gasteiger partial charge < -0.3 is 14.7 Å². The van der Waals surface area contributed by atoms with E-state index in [4.69, 9.17) is 19.9 Å². The summed E-state index contributed by atoms with van der Waals surface area (Å²) >= 11 is 0. The molecule has 6 aromatic rings. The fourth-order valence-electron chi connectivity index (χ4n) is 6.40. The Hall–Kier alpha value is -6.32. The third-order valence-corrected chi connectivity index (χ3v) is 13.1. The maximum absolute atomic E-state index is 12.1. The second-order valence-corrected chi connectivity index (χ2v) is 19.5. The van der Waals surface area contributed by atoms with E-state index in [-0.39, 0.29) is 11.5 Å². The number of rotatable bonds is 17. The molecule has 15 nitrogen and oxygen atoms in total. The summed E-state index contributed by atoms with van der Waals surface area (Å²) in [5.41, 5.74) is 4.62. The van der Waals surface area contributed by atoms with E-state index in [2.05, 4.69) is 30.9 Å². The van der Waals surface area contributed by atoms with Crippen LogP contribution in [0.2, 0.25) is 0 Å². The number of nitrogens with zero attached hydrogens (tertiary/aromatic N) is 6. The van der Waals surface area contributed by atoms with Crippen molar-refractivity contribution in [2.45, 2.75) is 79.6 Å². The molecule has 0 radical (unpaired) electrons. The van der Waals surface area contributed by atoms with E-state index in [0.717, 1.165) is 39.2 Å². The van der Waals surface area contributed by atoms with Crippen molar-refractivity contribution in [2.24, 2.45) is 5.16 Å². The lowest BCUT2D eigenvalue weighted by molar-refractivity contribution is 0.322. The van der Waals surface area contributed by atoms with Crippen molar-refractivity contribution in [2.75, 3.05) is 11.5 Å². The van der Waals surface area contributed by atoms with Crippen LogP contribution in [-0.2, 0) is 44.2 Å². The van der Waals surface area contributed by atoms with Gasteiger partial charge in [-0.05, 0) is 133 Å². The highest BCUT2D eigenvalue weighted by molar-refractivity contribution is 7.89. The van der Waals surface area contributed by atoms with E-state index in [0.29, 0.717) is 41.9 Å². The van der Waals surface area contributed by atoms with Gasteiger partial charge in [-0.3, -0.25) is 0 Å². The van der Waals surface area contributed by atoms with Gasteiger partial charge in [0.05, 0.1) is 51.8 Å². The number of oxime groups is 1. The average molecular weight is 895 g/mol. The lowest BCUT2D eigenvalue weighted by atomic mass is 9.93. The van der Waals surface area contributed by atoms with Crippen LogP contribution >= 0.6 is 0 Å². The monoisotopic (exact) mass is 894 g/mol. The number of aryl methyl sites for hydroxylation is 2. The summed E-state index contributed by atoms with van der Waals surface area (Å²) in [6, 6.07) is 35.1. The van der Waals surface area contributed by atoms with Gasteiger partial charge in [0.15, 0.2) is 0 Å². The van der Waals surface area contributed by atoms with Crippen molar-refractivity contribution in [3.8, 4) is 51.8 Å². The Bertz CT molecular complexity index is 2790. The Morgan fingerprint density at radius 1 is 0.667 bits per heavy atom. The van der Waals surface area contributed by atoms with E-state index in [1.807, 2.05) is 102 Å². The number of hydrogen-bond donors (Lipinski definition) is 3. The first-order valence-electron chi connectivity index (χ1n) is 20.4. The number of ether oxygens (including phenoxy) is 2. The van der Waals surface area contributed by atoms with Crippen LogP contribution in [0.3, 0.4) is 0 Å². The Kier molecular flexibility index (Phi) is 15.3. The molecule has 0 amide bonds. The zero-order valence-corrected chi connectivity index (χ0v) is 38.3. The van der Waals surface area contributed by atoms with Crippen LogP contribution in [0.5, 0.6) is 23.3 Å². The summed E-state index contributed by atoms with van der Waals surface area (Å²) in [5, 5.41) is 29.9. The molecule has 332 valence electrons. The smallest absolute Gasteiger partial charge is 0.218 e. The van der Waals surface area contributed by atoms with Gasteiger partial charge in [0.1, 0.15) is 11.5 Å². The normalized spacial score (nSPS) is 12.1. The molecule has 0 saturated carbocycles. The van der Waals surface area contributed by atoms with Gasteiger partial charge >= 0.3 is 0 Å². The molecule has 63 heavy (non-hydrogen) atoms. The van der Waals surface area contributed by atoms with Crippen molar-refractivity contribution < 1.29 is 31.5 Å². The Balaban J connectivity index is 0.000000238. The topological polar surface area (TPSA) is 203 Å². The third kappa shape index (κ3) is 12.6. The molecule has 0 fully saturated rings. The van der Waals surface area contributed by atoms with Gasteiger partial charge in [0.2, 0.25) is 31.8 Å². The first-order valence-corrected chi connectivity index (χ1v) is 23.7. The van der Waals surface area contributed by atoms with Crippen LogP contribution in [-0.4, -0.2) is 59.3 Å². The first-order chi connectivity index (χ1) is 29.8. The lowest BCUT2D eigenvalue weighted by Crippen LogP contribution is -2.41. The predicted molar refractivity (Wildman–Crippen MR) is 245 cm³/mol. The summed E-state index contributed by atoms with van der Waals surface area (Å²) in [4.78, 5) is 0. The van der Waals surface area contributed by atoms with Crippen molar-refractivity contribution in [3.05, 3.63) is 131 Å². The van der Waals surface area contributed by atoms with Crippen LogP contribution in [0, 0.1) is 11.3 Å². The number of hydrogen-bond acceptors (Lipinski definition) is 11. The zero-order valence-electron chi connectivity index (χ0n) is 36.7. The highest BCUT2D eigenvalue weighted by Crippen LogP contribution is 2.32. The molecule has 0 spiro atoms. The van der Waals surface area contributed by atoms with Crippen LogP contribution in [0.15, 0.2) is 114 Å². The van der Waals surface area contributed by atoms with Crippen LogP contribution < -0.4 is 18.9 Å². The second-order valence-electron chi connectivity index (χ2n) is 15.4. The molecule has 17 heteroatoms. The molecule has 0 unspecified atom stereocenters. The number of aromatic nitrogens is 4. The molecule has 4 aromatic carbocycles. The third-order valence-electron chi connectivity index (χ3n) is 9.94. The summed E-state index contributed by atoms with van der Waals surface area (Å²) in [7, 11) is -6.72. The number of nitriles is 1. The summed E-state index contributed by atoms with van der Waals surface area (Å²) in [6.07, 6.45) is 1.34. The van der Waals surface area contributed by atoms with Crippen LogP contribution in [0.4, 0.5) is 0 Å². The minimum Gasteiger partial charge on any atom is -0.439 e. The van der Waals surface area contributed by atoms with E-state index < -0.39 is 31.1 Å². The predicted octanol–water partition coefficient (Wildman–Crippen LogP) is 8.75. The molecule has 0 aliphatic heterocycles. The zero-order chi connectivity index (χ0) is 46.0. The molecule has 6 rings (SSSR count). The van der Waals surface area contributed by atoms with Crippen LogP contribution in [0.1, 0.15) is 77.6 Å². The fourth-order valence-corrected chi connectivity index (χ4v) is 8.48. The highest BCUT2D eigenvalue weighted by atomic mass is 32.2. The van der Waals surface area contributed by atoms with E-state index in [9.17, 15) is 16.8 Å². The van der Waals surface area contributed by atoms with Gasteiger partial charge in [-0.2, -0.15) is 15.5 Å². The lowest BCUT2D eigenvalue weighted by Gasteiger charge is -2.26. The summed E-state index contributed by atoms with van der Waals surface area (Å²) in [6.45, 7) is 15.8. The minimum atomic E-state index is -3.36. The van der Waals surface area contributed by atoms with Gasteiger partial charge in [0.25, 0.3) is 0 Å². The van der Waals surface area contributed by atoms with Crippen molar-refractivity contribution in [3.63, 3.8) is 0 Å². The van der Waals surface area contributed by atoms with Crippen molar-refractivity contribution in [1.82, 2.24) is 29.0 Å². The molecule has 0 aliphatic rings. The maximum Gasteiger partial charge on any atom is 0.218 e. The van der Waals surface area contributed by atoms with Gasteiger partial charge in [0, 0.05) is 36.3 Å². The largest absolute Gasteiger partial charge is 0.439 e. The van der Waals surface area contributed by atoms with Gasteiger partial charge in [-0.25, -0.2) is 35.6 Å². The minimum absolute atomic E-state index is 0.0193. The quantitative estimate of drug-likeness (QED) is 0.0451. The van der Waals surface area contributed by atoms with Crippen molar-refractivity contribution in [1.29, 1.82) is 5.26 Å². The molecular weight excluding hydrogens is 841 g/mol. The first kappa shape index (κ1) is 47.7. The molecule has 3 N–H and O–H groups in total. The molecule has 2 aromatic heterocycles. The molecular formula is C46H54N8O7S2. The van der Waals surface area contributed by atoms with E-state index in [1.54, 1.807) is 71.7 Å². The number of nitrogens with one attached hydrogen (secondary N) is 2. The van der Waals surface area contributed by atoms with Crippen LogP contribution in [0.25, 0.3) is 22.5 Å². The van der Waals surface area contributed by atoms with Gasteiger partial charge in [-0.15, -0.1) is 0 Å². The fraction of sp³-hybridized carbons (Fsp3) is 0.304. The Morgan fingerprint density at radius 3 is 1.44 bits per heavy atom. The maximum atomic E-state index is 12.1. The molecule has 2 heterocycles. The molecule has 0 bridgehead atoms. The number of benzene rings is 4. The second kappa shape index (κ2) is 20.2. The number of sulfonamides is 2. The highest BCUT2D eigenvalue weighted by Gasteiger charge is 2.28. The summed E-state index contributed by atoms with van der Waals surface area (Å²) < 4.78 is 69.4. The molecule has 0 aliphatic carbocycles. The van der Waals surface area contributed by atoms with Crippen molar-refractivity contribution >= 4 is 26.3 Å². The standard InChI is InChI=1S/C23H28N4O4S.C23H26N4O3S/c1-5-27-22(31-20-12-10-17(11-13-20)16-24-28)15-21(25-27)18-8-7-9-19(14-18)23(3,4)26-32(29,30)6-2;1-5-27-22(30-20-12-10-17(16-24)11-13-20)15-21(25-27)18-8-7-9-19(14-18)23(3,4)26-31(28,29)6-2/h7-16,26,28H,5-6H2,1-4H3;7-15,26H,5-6H2,1-4H3/b24-16+;. The average Bonchev–Trinajstić information content (AvgIpc) is 3.88. The van der Waals surface area contributed by atoms with Gasteiger partial charge in [-0.1, -0.05) is 41.6 Å². The molecule has 0 atom stereocenters. The Morgan fingerprint density at radius 2 is 1.08 bits per heavy atom. The SMILES string of the molecule is CCn1nc(-c2cccc(C(C)(C)NS(=O)(=O)CC)c2)cc1Oc1ccc(/C=N/O)cc1.CCn1nc(-c2cccc(C(C)(C)NS(=O)(=O)CC)c2)cc1Oc1ccc(C#N)cc1. The Labute approximate surface area is 370 Å². The molecule has 0 saturated heterocycles. The van der Waals surface area contributed by atoms with E-state index >= 15 is 0 Å². The van der Waals surface area contributed by atoms with E-state index in [1.165, 1.54) is 6.21 Å².